The number of pyridine rings is 1. The molecule has 0 radical (unpaired) electrons. The first kappa shape index (κ1) is 18.0. The van der Waals surface area contributed by atoms with Gasteiger partial charge in [0.1, 0.15) is 11.7 Å². The summed E-state index contributed by atoms with van der Waals surface area (Å²) in [5.74, 6) is -0.376. The molecule has 2 aromatic heterocycles. The first-order valence-corrected chi connectivity index (χ1v) is 9.62. The molecule has 1 saturated carbocycles. The number of amides is 2. The molecular weight excluding hydrogens is 344 g/mol. The highest BCUT2D eigenvalue weighted by molar-refractivity contribution is 6.10. The molecule has 0 saturated heterocycles. The topological polar surface area (TPSA) is 98.3 Å². The molecule has 3 heterocycles. The molecule has 7 nitrogen and oxygen atoms in total. The van der Waals surface area contributed by atoms with E-state index in [0.29, 0.717) is 17.8 Å². The molecule has 4 rings (SSSR count). The van der Waals surface area contributed by atoms with E-state index in [9.17, 15) is 14.7 Å². The standard InChI is InChI=1S/C20H26N4O3/c1-20(2,27)9-15(18(25)23-13-5-3-4-6-13)24-11-12-7-8-21-17-16(12)14(10-22-17)19(24)26/h7-8,10,13,15,27H,3-6,9,11H2,1-2H3,(H,21,22)(H,23,25)/t15-/m1/s1. The lowest BCUT2D eigenvalue weighted by Gasteiger charge is -2.36. The number of hydrogen-bond donors (Lipinski definition) is 3. The summed E-state index contributed by atoms with van der Waals surface area (Å²) in [6.07, 6.45) is 7.73. The van der Waals surface area contributed by atoms with Gasteiger partial charge in [0, 0.05) is 36.8 Å². The van der Waals surface area contributed by atoms with Crippen molar-refractivity contribution in [2.75, 3.05) is 0 Å². The van der Waals surface area contributed by atoms with E-state index in [1.54, 1.807) is 31.1 Å². The summed E-state index contributed by atoms with van der Waals surface area (Å²) >= 11 is 0. The Hall–Kier alpha value is -2.41. The number of rotatable bonds is 5. The molecule has 1 atom stereocenters. The van der Waals surface area contributed by atoms with Gasteiger partial charge in [-0.2, -0.15) is 0 Å². The van der Waals surface area contributed by atoms with E-state index >= 15 is 0 Å². The molecule has 3 N–H and O–H groups in total. The maximum Gasteiger partial charge on any atom is 0.257 e. The van der Waals surface area contributed by atoms with E-state index in [4.69, 9.17) is 0 Å². The van der Waals surface area contributed by atoms with Crippen molar-refractivity contribution in [3.8, 4) is 0 Å². The fourth-order valence-corrected chi connectivity index (χ4v) is 4.27. The van der Waals surface area contributed by atoms with E-state index in [0.717, 1.165) is 36.6 Å². The zero-order chi connectivity index (χ0) is 19.2. The second-order valence-electron chi connectivity index (χ2n) is 8.35. The van der Waals surface area contributed by atoms with Gasteiger partial charge in [0.15, 0.2) is 0 Å². The number of hydrogen-bond acceptors (Lipinski definition) is 4. The van der Waals surface area contributed by atoms with Crippen LogP contribution in [0.3, 0.4) is 0 Å². The van der Waals surface area contributed by atoms with Gasteiger partial charge in [-0.05, 0) is 38.3 Å². The third-order valence-corrected chi connectivity index (χ3v) is 5.57. The third-order valence-electron chi connectivity index (χ3n) is 5.57. The van der Waals surface area contributed by atoms with Gasteiger partial charge >= 0.3 is 0 Å². The average Bonchev–Trinajstić information content (AvgIpc) is 3.26. The van der Waals surface area contributed by atoms with Crippen LogP contribution < -0.4 is 5.32 Å². The summed E-state index contributed by atoms with van der Waals surface area (Å²) in [6.45, 7) is 3.68. The number of carbonyl (C=O) groups is 2. The molecule has 0 bridgehead atoms. The highest BCUT2D eigenvalue weighted by atomic mass is 16.3. The number of carbonyl (C=O) groups excluding carboxylic acids is 2. The largest absolute Gasteiger partial charge is 0.390 e. The van der Waals surface area contributed by atoms with Crippen LogP contribution in [0.4, 0.5) is 0 Å². The van der Waals surface area contributed by atoms with Crippen LogP contribution in [-0.2, 0) is 11.3 Å². The fourth-order valence-electron chi connectivity index (χ4n) is 4.27. The van der Waals surface area contributed by atoms with Crippen LogP contribution in [0.25, 0.3) is 11.0 Å². The van der Waals surface area contributed by atoms with E-state index in [-0.39, 0.29) is 24.3 Å². The van der Waals surface area contributed by atoms with Crippen LogP contribution in [0.2, 0.25) is 0 Å². The Morgan fingerprint density at radius 2 is 2.19 bits per heavy atom. The van der Waals surface area contributed by atoms with Crippen molar-refractivity contribution >= 4 is 22.8 Å². The molecular formula is C20H26N4O3. The van der Waals surface area contributed by atoms with Gasteiger partial charge < -0.3 is 20.3 Å². The minimum Gasteiger partial charge on any atom is -0.390 e. The molecule has 1 aliphatic heterocycles. The number of aromatic amines is 1. The molecule has 2 aromatic rings. The van der Waals surface area contributed by atoms with Crippen LogP contribution in [-0.4, -0.2) is 49.5 Å². The summed E-state index contributed by atoms with van der Waals surface area (Å²) in [6, 6.07) is 1.33. The Balaban J connectivity index is 1.65. The molecule has 2 amide bonds. The van der Waals surface area contributed by atoms with Crippen molar-refractivity contribution < 1.29 is 14.7 Å². The monoisotopic (exact) mass is 370 g/mol. The molecule has 27 heavy (non-hydrogen) atoms. The maximum absolute atomic E-state index is 13.1. The van der Waals surface area contributed by atoms with Crippen LogP contribution >= 0.6 is 0 Å². The minimum absolute atomic E-state index is 0.164. The molecule has 1 fully saturated rings. The summed E-state index contributed by atoms with van der Waals surface area (Å²) in [5.41, 5.74) is 1.12. The predicted molar refractivity (Wildman–Crippen MR) is 101 cm³/mol. The summed E-state index contributed by atoms with van der Waals surface area (Å²) in [5, 5.41) is 14.3. The lowest BCUT2D eigenvalue weighted by atomic mass is 9.94. The highest BCUT2D eigenvalue weighted by Crippen LogP contribution is 2.31. The van der Waals surface area contributed by atoms with Gasteiger partial charge in [-0.25, -0.2) is 4.98 Å². The van der Waals surface area contributed by atoms with Crippen LogP contribution in [0.1, 0.15) is 61.9 Å². The van der Waals surface area contributed by atoms with Gasteiger partial charge in [-0.1, -0.05) is 12.8 Å². The first-order valence-electron chi connectivity index (χ1n) is 9.62. The van der Waals surface area contributed by atoms with Crippen molar-refractivity contribution in [1.82, 2.24) is 20.2 Å². The minimum atomic E-state index is -1.07. The number of nitrogens with zero attached hydrogens (tertiary/aromatic N) is 2. The Morgan fingerprint density at radius 1 is 1.44 bits per heavy atom. The second kappa shape index (κ2) is 6.64. The Bertz CT molecular complexity index is 877. The van der Waals surface area contributed by atoms with Crippen molar-refractivity contribution in [2.45, 2.75) is 70.2 Å². The summed E-state index contributed by atoms with van der Waals surface area (Å²) < 4.78 is 0. The molecule has 1 aliphatic carbocycles. The summed E-state index contributed by atoms with van der Waals surface area (Å²) in [4.78, 5) is 35.1. The number of nitrogens with one attached hydrogen (secondary N) is 2. The highest BCUT2D eigenvalue weighted by Gasteiger charge is 2.39. The van der Waals surface area contributed by atoms with E-state index < -0.39 is 11.6 Å². The second-order valence-corrected chi connectivity index (χ2v) is 8.35. The molecule has 2 aliphatic rings. The molecule has 7 heteroatoms. The van der Waals surface area contributed by atoms with Gasteiger partial charge in [0.25, 0.3) is 5.91 Å². The van der Waals surface area contributed by atoms with E-state index in [1.807, 2.05) is 6.07 Å². The van der Waals surface area contributed by atoms with Crippen LogP contribution in [0.5, 0.6) is 0 Å². The van der Waals surface area contributed by atoms with Gasteiger partial charge in [-0.3, -0.25) is 9.59 Å². The van der Waals surface area contributed by atoms with Crippen molar-refractivity contribution in [3.05, 3.63) is 29.6 Å². The molecule has 0 spiro atoms. The molecule has 0 aromatic carbocycles. The van der Waals surface area contributed by atoms with Crippen molar-refractivity contribution in [1.29, 1.82) is 0 Å². The van der Waals surface area contributed by atoms with Crippen molar-refractivity contribution in [2.24, 2.45) is 0 Å². The number of aliphatic hydroxyl groups is 1. The summed E-state index contributed by atoms with van der Waals surface area (Å²) in [7, 11) is 0. The van der Waals surface area contributed by atoms with Crippen molar-refractivity contribution in [3.63, 3.8) is 0 Å². The lowest BCUT2D eigenvalue weighted by Crippen LogP contribution is -2.54. The Morgan fingerprint density at radius 3 is 2.89 bits per heavy atom. The zero-order valence-electron chi connectivity index (χ0n) is 15.8. The molecule has 0 unspecified atom stereocenters. The SMILES string of the molecule is CC(C)(O)C[C@H](C(=O)NC1CCCC1)N1Cc2ccnc3[nH]cc(c23)C1=O. The fraction of sp³-hybridized carbons (Fsp3) is 0.550. The van der Waals surface area contributed by atoms with E-state index in [2.05, 4.69) is 15.3 Å². The number of aromatic nitrogens is 2. The van der Waals surface area contributed by atoms with Crippen LogP contribution in [0, 0.1) is 0 Å². The van der Waals surface area contributed by atoms with Gasteiger partial charge in [0.2, 0.25) is 5.91 Å². The average molecular weight is 370 g/mol. The first-order chi connectivity index (χ1) is 12.8. The van der Waals surface area contributed by atoms with Crippen LogP contribution in [0.15, 0.2) is 18.5 Å². The zero-order valence-corrected chi connectivity index (χ0v) is 15.8. The van der Waals surface area contributed by atoms with Gasteiger partial charge in [0.05, 0.1) is 11.2 Å². The smallest absolute Gasteiger partial charge is 0.257 e. The normalized spacial score (nSPS) is 18.9. The Labute approximate surface area is 158 Å². The molecule has 144 valence electrons. The Kier molecular flexibility index (Phi) is 4.42. The number of H-pyrrole nitrogens is 1. The van der Waals surface area contributed by atoms with E-state index in [1.165, 1.54) is 0 Å². The quantitative estimate of drug-likeness (QED) is 0.751. The predicted octanol–water partition coefficient (Wildman–Crippen LogP) is 2.11. The maximum atomic E-state index is 13.1. The van der Waals surface area contributed by atoms with Gasteiger partial charge in [-0.15, -0.1) is 0 Å². The third kappa shape index (κ3) is 3.43. The lowest BCUT2D eigenvalue weighted by molar-refractivity contribution is -0.128.